The van der Waals surface area contributed by atoms with Crippen LogP contribution in [-0.4, -0.2) is 39.9 Å². The lowest BCUT2D eigenvalue weighted by molar-refractivity contribution is -0.140. The molecule has 4 aromatic rings. The van der Waals surface area contributed by atoms with Gasteiger partial charge >= 0.3 is 0 Å². The number of oxazole rings is 1. The lowest BCUT2D eigenvalue weighted by Crippen LogP contribution is -2.42. The fourth-order valence-electron chi connectivity index (χ4n) is 4.28. The van der Waals surface area contributed by atoms with Crippen LogP contribution in [0.4, 0.5) is 0 Å². The first kappa shape index (κ1) is 22.9. The third-order valence-corrected chi connectivity index (χ3v) is 6.17. The zero-order valence-electron chi connectivity index (χ0n) is 20.0. The highest BCUT2D eigenvalue weighted by Crippen LogP contribution is 2.33. The number of carbonyl (C=O) groups is 2. The molecule has 2 amide bonds. The minimum atomic E-state index is -0.572. The summed E-state index contributed by atoms with van der Waals surface area (Å²) in [5, 5.41) is 9.57. The Hall–Kier alpha value is -4.90. The molecule has 3 heterocycles. The van der Waals surface area contributed by atoms with E-state index in [-0.39, 0.29) is 17.7 Å². The van der Waals surface area contributed by atoms with Gasteiger partial charge in [-0.05, 0) is 61.9 Å². The van der Waals surface area contributed by atoms with Gasteiger partial charge in [-0.15, -0.1) is 0 Å². The van der Waals surface area contributed by atoms with Crippen LogP contribution in [0.5, 0.6) is 5.75 Å². The van der Waals surface area contributed by atoms with Crippen LogP contribution in [-0.2, 0) is 9.59 Å². The van der Waals surface area contributed by atoms with Gasteiger partial charge in [-0.25, -0.2) is 0 Å². The highest BCUT2D eigenvalue weighted by Gasteiger charge is 2.34. The van der Waals surface area contributed by atoms with Gasteiger partial charge < -0.3 is 9.15 Å². The van der Waals surface area contributed by atoms with E-state index in [4.69, 9.17) is 14.1 Å². The van der Waals surface area contributed by atoms with Gasteiger partial charge in [0, 0.05) is 29.4 Å². The summed E-state index contributed by atoms with van der Waals surface area (Å²) in [5.74, 6) is 0.168. The van der Waals surface area contributed by atoms with E-state index in [0.29, 0.717) is 28.4 Å². The summed E-state index contributed by atoms with van der Waals surface area (Å²) >= 11 is 0. The Balaban J connectivity index is 1.71. The predicted octanol–water partition coefficient (Wildman–Crippen LogP) is 4.91. The van der Waals surface area contributed by atoms with Crippen molar-refractivity contribution < 1.29 is 18.7 Å². The average molecular weight is 479 g/mol. The molecule has 0 atom stereocenters. The SMILES string of the molecule is CCN1C(=O)C(C#N)=C(C)/C(=C/c2cc3oc(-c4ccc(OC)cc4)nc3n2-c2ccccc2)C1=O. The fourth-order valence-corrected chi connectivity index (χ4v) is 4.28. The minimum Gasteiger partial charge on any atom is -0.497 e. The quantitative estimate of drug-likeness (QED) is 0.299. The molecule has 0 bridgehead atoms. The number of likely N-dealkylation sites (N-methyl/N-ethyl adjacent to an activating group) is 1. The van der Waals surface area contributed by atoms with Crippen LogP contribution in [0.25, 0.3) is 34.4 Å². The largest absolute Gasteiger partial charge is 0.497 e. The maximum Gasteiger partial charge on any atom is 0.271 e. The Morgan fingerprint density at radius 3 is 2.44 bits per heavy atom. The monoisotopic (exact) mass is 478 g/mol. The maximum absolute atomic E-state index is 13.2. The maximum atomic E-state index is 13.2. The zero-order chi connectivity index (χ0) is 25.4. The Morgan fingerprint density at radius 1 is 1.08 bits per heavy atom. The molecule has 1 aliphatic rings. The molecular formula is C28H22N4O4. The van der Waals surface area contributed by atoms with Crippen LogP contribution in [0.3, 0.4) is 0 Å². The Labute approximate surface area is 207 Å². The second kappa shape index (κ2) is 9.04. The van der Waals surface area contributed by atoms with Crippen molar-refractivity contribution in [2.75, 3.05) is 13.7 Å². The summed E-state index contributed by atoms with van der Waals surface area (Å²) in [5.41, 5.74) is 3.95. The average Bonchev–Trinajstić information content (AvgIpc) is 3.45. The summed E-state index contributed by atoms with van der Waals surface area (Å²) in [6.07, 6.45) is 1.68. The van der Waals surface area contributed by atoms with Crippen molar-refractivity contribution in [2.24, 2.45) is 0 Å². The predicted molar refractivity (Wildman–Crippen MR) is 134 cm³/mol. The van der Waals surface area contributed by atoms with E-state index < -0.39 is 11.8 Å². The highest BCUT2D eigenvalue weighted by molar-refractivity contribution is 6.19. The van der Waals surface area contributed by atoms with E-state index in [2.05, 4.69) is 0 Å². The van der Waals surface area contributed by atoms with Gasteiger partial charge in [0.2, 0.25) is 5.89 Å². The number of nitrogens with zero attached hydrogens (tertiary/aromatic N) is 4. The lowest BCUT2D eigenvalue weighted by atomic mass is 9.94. The van der Waals surface area contributed by atoms with E-state index in [1.54, 1.807) is 33.1 Å². The van der Waals surface area contributed by atoms with Crippen molar-refractivity contribution in [1.29, 1.82) is 5.26 Å². The topological polar surface area (TPSA) is 101 Å². The van der Waals surface area contributed by atoms with Crippen molar-refractivity contribution in [3.63, 3.8) is 0 Å². The van der Waals surface area contributed by atoms with Gasteiger partial charge in [0.05, 0.1) is 12.8 Å². The van der Waals surface area contributed by atoms with Gasteiger partial charge in [0.15, 0.2) is 11.2 Å². The van der Waals surface area contributed by atoms with Gasteiger partial charge in [-0.3, -0.25) is 19.1 Å². The van der Waals surface area contributed by atoms with Crippen molar-refractivity contribution in [3.05, 3.63) is 83.1 Å². The molecule has 1 aliphatic heterocycles. The molecule has 0 spiro atoms. The number of hydrogen-bond donors (Lipinski definition) is 0. The van der Waals surface area contributed by atoms with E-state index in [1.807, 2.05) is 65.2 Å². The number of carbonyl (C=O) groups excluding carboxylic acids is 2. The Kier molecular flexibility index (Phi) is 5.74. The standard InChI is InChI=1S/C28H22N4O4/c1-4-31-27(33)22(17(2)23(16-29)28(31)34)14-20-15-24-25(32(20)19-8-6-5-7-9-19)30-26(36-24)18-10-12-21(35-3)13-11-18/h5-15H,4H2,1-3H3/b22-14-. The normalized spacial score (nSPS) is 15.2. The number of para-hydroxylation sites is 1. The number of aromatic nitrogens is 2. The summed E-state index contributed by atoms with van der Waals surface area (Å²) < 4.78 is 13.2. The molecule has 0 aliphatic carbocycles. The number of imide groups is 1. The summed E-state index contributed by atoms with van der Waals surface area (Å²) in [4.78, 5) is 31.6. The lowest BCUT2D eigenvalue weighted by Gasteiger charge is -2.26. The number of methoxy groups -OCH3 is 1. The molecule has 5 rings (SSSR count). The molecule has 8 nitrogen and oxygen atoms in total. The molecule has 2 aromatic carbocycles. The molecule has 0 unspecified atom stereocenters. The molecule has 8 heteroatoms. The van der Waals surface area contributed by atoms with Gasteiger partial charge in [-0.1, -0.05) is 18.2 Å². The fraction of sp³-hybridized carbons (Fsp3) is 0.143. The third-order valence-electron chi connectivity index (χ3n) is 6.17. The van der Waals surface area contributed by atoms with Crippen LogP contribution < -0.4 is 4.74 Å². The smallest absolute Gasteiger partial charge is 0.271 e. The Morgan fingerprint density at radius 2 is 1.81 bits per heavy atom. The molecule has 0 saturated heterocycles. The molecule has 36 heavy (non-hydrogen) atoms. The minimum absolute atomic E-state index is 0.0379. The van der Waals surface area contributed by atoms with Crippen molar-refractivity contribution in [1.82, 2.24) is 14.5 Å². The van der Waals surface area contributed by atoms with Crippen molar-refractivity contribution in [2.45, 2.75) is 13.8 Å². The van der Waals surface area contributed by atoms with Crippen LogP contribution in [0.2, 0.25) is 0 Å². The molecule has 0 saturated carbocycles. The second-order valence-corrected chi connectivity index (χ2v) is 8.20. The number of benzene rings is 2. The van der Waals surface area contributed by atoms with E-state index >= 15 is 0 Å². The highest BCUT2D eigenvalue weighted by atomic mass is 16.5. The first-order chi connectivity index (χ1) is 17.5. The number of rotatable bonds is 5. The van der Waals surface area contributed by atoms with Crippen molar-refractivity contribution >= 4 is 29.1 Å². The molecule has 0 fully saturated rings. The zero-order valence-corrected chi connectivity index (χ0v) is 20.0. The van der Waals surface area contributed by atoms with E-state index in [0.717, 1.165) is 21.9 Å². The summed E-state index contributed by atoms with van der Waals surface area (Å²) in [7, 11) is 1.61. The molecule has 0 N–H and O–H groups in total. The van der Waals surface area contributed by atoms with Crippen LogP contribution >= 0.6 is 0 Å². The molecule has 2 aromatic heterocycles. The molecule has 178 valence electrons. The summed E-state index contributed by atoms with van der Waals surface area (Å²) in [6.45, 7) is 3.49. The van der Waals surface area contributed by atoms with E-state index in [9.17, 15) is 14.9 Å². The van der Waals surface area contributed by atoms with Gasteiger partial charge in [-0.2, -0.15) is 10.2 Å². The number of amides is 2. The second-order valence-electron chi connectivity index (χ2n) is 8.20. The summed E-state index contributed by atoms with van der Waals surface area (Å²) in [6, 6.07) is 20.7. The number of fused-ring (bicyclic) bond motifs is 1. The first-order valence-corrected chi connectivity index (χ1v) is 11.4. The molecular weight excluding hydrogens is 456 g/mol. The Bertz CT molecular complexity index is 1600. The first-order valence-electron chi connectivity index (χ1n) is 11.4. The number of hydrogen-bond acceptors (Lipinski definition) is 6. The van der Waals surface area contributed by atoms with Crippen molar-refractivity contribution in [3.8, 4) is 29.0 Å². The van der Waals surface area contributed by atoms with Crippen LogP contribution in [0.1, 0.15) is 19.5 Å². The van der Waals surface area contributed by atoms with E-state index in [1.165, 1.54) is 0 Å². The number of ether oxygens (including phenoxy) is 1. The van der Waals surface area contributed by atoms with Gasteiger partial charge in [0.25, 0.3) is 11.8 Å². The van der Waals surface area contributed by atoms with Gasteiger partial charge in [0.1, 0.15) is 17.4 Å². The van der Waals surface area contributed by atoms with Crippen LogP contribution in [0, 0.1) is 11.3 Å². The number of nitriles is 1. The van der Waals surface area contributed by atoms with Crippen LogP contribution in [0.15, 0.2) is 81.8 Å². The molecule has 0 radical (unpaired) electrons. The third kappa shape index (κ3) is 3.67.